The first-order chi connectivity index (χ1) is 13.9. The Morgan fingerprint density at radius 2 is 1.97 bits per heavy atom. The quantitative estimate of drug-likeness (QED) is 0.250. The molecule has 1 aromatic rings. The molecule has 0 saturated heterocycles. The topological polar surface area (TPSA) is 71.1 Å². The van der Waals surface area contributed by atoms with Crippen LogP contribution in [0.25, 0.3) is 0 Å². The molecule has 0 radical (unpaired) electrons. The molecule has 0 aliphatic heterocycles. The Bertz CT molecular complexity index is 661. The summed E-state index contributed by atoms with van der Waals surface area (Å²) in [7, 11) is 3.42. The van der Waals surface area contributed by atoms with Crippen LogP contribution in [0.2, 0.25) is 0 Å². The molecular weight excluding hydrogens is 402 g/mol. The van der Waals surface area contributed by atoms with E-state index in [-0.39, 0.29) is 16.6 Å². The van der Waals surface area contributed by atoms with Gasteiger partial charge in [0.05, 0.1) is 5.56 Å². The van der Waals surface area contributed by atoms with Gasteiger partial charge in [-0.1, -0.05) is 52.8 Å². The molecule has 0 aliphatic carbocycles. The van der Waals surface area contributed by atoms with E-state index in [4.69, 9.17) is 0 Å². The average Bonchev–Trinajstić information content (AvgIpc) is 2.71. The van der Waals surface area contributed by atoms with Crippen molar-refractivity contribution < 1.29 is 9.59 Å². The van der Waals surface area contributed by atoms with Crippen molar-refractivity contribution in [3.05, 3.63) is 54.4 Å². The molecule has 2 amide bonds. The molecule has 0 atom stereocenters. The van der Waals surface area contributed by atoms with Crippen molar-refractivity contribution >= 4 is 33.4 Å². The summed E-state index contributed by atoms with van der Waals surface area (Å²) in [6.45, 7) is 7.51. The van der Waals surface area contributed by atoms with Crippen LogP contribution in [-0.4, -0.2) is 40.4 Å². The third kappa shape index (κ3) is 13.2. The number of aromatic nitrogens is 1. The van der Waals surface area contributed by atoms with E-state index in [1.807, 2.05) is 0 Å². The highest BCUT2D eigenvalue weighted by Crippen LogP contribution is 2.34. The van der Waals surface area contributed by atoms with Gasteiger partial charge in [-0.15, -0.1) is 0 Å². The van der Waals surface area contributed by atoms with E-state index in [0.29, 0.717) is 25.1 Å². The van der Waals surface area contributed by atoms with Gasteiger partial charge in [-0.25, -0.2) is 0 Å². The molecule has 160 valence electrons. The molecular formula is C22H33N3O2S2. The van der Waals surface area contributed by atoms with Crippen molar-refractivity contribution in [2.45, 2.75) is 51.2 Å². The lowest BCUT2D eigenvalue weighted by atomic mass is 10.2. The SMILES string of the molecule is CC/C=C\C/C=C\CCC(=O)NCCSSC(C)(C)CNC(=O)c1cccnc1. The molecule has 1 rings (SSSR count). The summed E-state index contributed by atoms with van der Waals surface area (Å²) in [5, 5.41) is 5.90. The molecule has 7 heteroatoms. The maximum Gasteiger partial charge on any atom is 0.252 e. The van der Waals surface area contributed by atoms with Crippen molar-refractivity contribution in [1.29, 1.82) is 0 Å². The van der Waals surface area contributed by atoms with E-state index in [1.165, 1.54) is 0 Å². The first kappa shape index (κ1) is 25.3. The van der Waals surface area contributed by atoms with E-state index in [1.54, 1.807) is 46.1 Å². The number of hydrogen-bond acceptors (Lipinski definition) is 5. The number of pyridine rings is 1. The molecule has 0 fully saturated rings. The monoisotopic (exact) mass is 435 g/mol. The Kier molecular flexibility index (Phi) is 13.2. The van der Waals surface area contributed by atoms with E-state index < -0.39 is 0 Å². The molecule has 1 aromatic heterocycles. The Balaban J connectivity index is 2.09. The van der Waals surface area contributed by atoms with E-state index in [2.05, 4.69) is 60.7 Å². The van der Waals surface area contributed by atoms with Crippen molar-refractivity contribution in [3.8, 4) is 0 Å². The lowest BCUT2D eigenvalue weighted by molar-refractivity contribution is -0.120. The maximum atomic E-state index is 12.1. The fourth-order valence-corrected chi connectivity index (χ4v) is 4.57. The van der Waals surface area contributed by atoms with Crippen LogP contribution in [0.1, 0.15) is 56.8 Å². The van der Waals surface area contributed by atoms with Gasteiger partial charge in [-0.05, 0) is 45.2 Å². The zero-order chi connectivity index (χ0) is 21.4. The number of nitrogens with zero attached hydrogens (tertiary/aromatic N) is 1. The minimum Gasteiger partial charge on any atom is -0.355 e. The summed E-state index contributed by atoms with van der Waals surface area (Å²) in [6.07, 6.45) is 14.9. The number of amides is 2. The van der Waals surface area contributed by atoms with E-state index in [9.17, 15) is 9.59 Å². The molecule has 1 heterocycles. The summed E-state index contributed by atoms with van der Waals surface area (Å²) in [5.41, 5.74) is 0.566. The van der Waals surface area contributed by atoms with Gasteiger partial charge in [-0.2, -0.15) is 0 Å². The summed E-state index contributed by atoms with van der Waals surface area (Å²) >= 11 is 0. The van der Waals surface area contributed by atoms with Crippen LogP contribution < -0.4 is 10.6 Å². The predicted molar refractivity (Wildman–Crippen MR) is 126 cm³/mol. The zero-order valence-corrected chi connectivity index (χ0v) is 19.3. The van der Waals surface area contributed by atoms with Crippen molar-refractivity contribution in [2.24, 2.45) is 0 Å². The molecule has 2 N–H and O–H groups in total. The van der Waals surface area contributed by atoms with Crippen LogP contribution in [-0.2, 0) is 4.79 Å². The van der Waals surface area contributed by atoms with Gasteiger partial charge in [0.25, 0.3) is 5.91 Å². The number of carbonyl (C=O) groups is 2. The molecule has 0 aromatic carbocycles. The fourth-order valence-electron chi connectivity index (χ4n) is 2.21. The highest BCUT2D eigenvalue weighted by Gasteiger charge is 2.20. The normalized spacial score (nSPS) is 11.8. The molecule has 0 unspecified atom stereocenters. The second kappa shape index (κ2) is 15.2. The molecule has 0 spiro atoms. The summed E-state index contributed by atoms with van der Waals surface area (Å²) in [5.74, 6) is 0.806. The van der Waals surface area contributed by atoms with Gasteiger partial charge in [0.15, 0.2) is 0 Å². The Labute approximate surface area is 183 Å². The highest BCUT2D eigenvalue weighted by molar-refractivity contribution is 8.77. The Morgan fingerprint density at radius 1 is 1.17 bits per heavy atom. The van der Waals surface area contributed by atoms with E-state index in [0.717, 1.165) is 25.0 Å². The van der Waals surface area contributed by atoms with Crippen LogP contribution in [0, 0.1) is 0 Å². The van der Waals surface area contributed by atoms with E-state index >= 15 is 0 Å². The van der Waals surface area contributed by atoms with Crippen molar-refractivity contribution in [2.75, 3.05) is 18.8 Å². The van der Waals surface area contributed by atoms with Gasteiger partial charge in [0.2, 0.25) is 5.91 Å². The molecule has 5 nitrogen and oxygen atoms in total. The Morgan fingerprint density at radius 3 is 2.69 bits per heavy atom. The average molecular weight is 436 g/mol. The van der Waals surface area contributed by atoms with Crippen molar-refractivity contribution in [3.63, 3.8) is 0 Å². The molecule has 0 saturated carbocycles. The van der Waals surface area contributed by atoms with Gasteiger partial charge in [-0.3, -0.25) is 14.6 Å². The van der Waals surface area contributed by atoms with Crippen LogP contribution in [0.4, 0.5) is 0 Å². The number of nitrogens with one attached hydrogen (secondary N) is 2. The Hall–Kier alpha value is -1.73. The van der Waals surface area contributed by atoms with Crippen LogP contribution >= 0.6 is 21.6 Å². The third-order valence-electron chi connectivity index (χ3n) is 3.77. The van der Waals surface area contributed by atoms with Crippen molar-refractivity contribution in [1.82, 2.24) is 15.6 Å². The van der Waals surface area contributed by atoms with Crippen LogP contribution in [0.5, 0.6) is 0 Å². The second-order valence-corrected chi connectivity index (χ2v) is 10.2. The van der Waals surface area contributed by atoms with Gasteiger partial charge >= 0.3 is 0 Å². The molecule has 29 heavy (non-hydrogen) atoms. The third-order valence-corrected chi connectivity index (χ3v) is 7.06. The molecule has 0 aliphatic rings. The maximum absolute atomic E-state index is 12.1. The highest BCUT2D eigenvalue weighted by atomic mass is 33.1. The number of hydrogen-bond donors (Lipinski definition) is 2. The lowest BCUT2D eigenvalue weighted by Gasteiger charge is -2.23. The van der Waals surface area contributed by atoms with Crippen LogP contribution in [0.3, 0.4) is 0 Å². The number of carbonyl (C=O) groups excluding carboxylic acids is 2. The zero-order valence-electron chi connectivity index (χ0n) is 17.6. The van der Waals surface area contributed by atoms with Gasteiger partial charge < -0.3 is 10.6 Å². The van der Waals surface area contributed by atoms with Gasteiger partial charge in [0.1, 0.15) is 0 Å². The largest absolute Gasteiger partial charge is 0.355 e. The minimum atomic E-state index is -0.112. The number of allylic oxidation sites excluding steroid dienone is 4. The van der Waals surface area contributed by atoms with Gasteiger partial charge in [0, 0.05) is 42.4 Å². The molecule has 0 bridgehead atoms. The smallest absolute Gasteiger partial charge is 0.252 e. The van der Waals surface area contributed by atoms with Crippen LogP contribution in [0.15, 0.2) is 48.8 Å². The minimum absolute atomic E-state index is 0.0901. The lowest BCUT2D eigenvalue weighted by Crippen LogP contribution is -2.36. The second-order valence-electron chi connectivity index (χ2n) is 7.06. The summed E-state index contributed by atoms with van der Waals surface area (Å²) in [4.78, 5) is 27.9. The fraction of sp³-hybridized carbons (Fsp3) is 0.500. The predicted octanol–water partition coefficient (Wildman–Crippen LogP) is 4.78. The summed E-state index contributed by atoms with van der Waals surface area (Å²) in [6, 6.07) is 3.50. The summed E-state index contributed by atoms with van der Waals surface area (Å²) < 4.78 is -0.108. The standard InChI is InChI=1S/C22H33N3O2S2/c1-4-5-6-7-8-9-10-13-20(26)24-15-16-28-29-22(2,3)18-25-21(27)19-12-11-14-23-17-19/h5-6,8-9,11-12,14,17H,4,7,10,13,15-16,18H2,1-3H3,(H,24,26)(H,25,27)/b6-5-,9-8-. The number of rotatable bonds is 14. The first-order valence-electron chi connectivity index (χ1n) is 10.00. The first-order valence-corrected chi connectivity index (χ1v) is 12.3.